The Morgan fingerprint density at radius 3 is 2.22 bits per heavy atom. The Balaban J connectivity index is 2.44. The zero-order valence-corrected chi connectivity index (χ0v) is 12.4. The fourth-order valence-corrected chi connectivity index (χ4v) is 2.38. The van der Waals surface area contributed by atoms with Gasteiger partial charge < -0.3 is 5.11 Å². The highest BCUT2D eigenvalue weighted by Crippen LogP contribution is 2.37. The molecule has 0 radical (unpaired) electrons. The summed E-state index contributed by atoms with van der Waals surface area (Å²) in [4.78, 5) is 10.8. The van der Waals surface area contributed by atoms with Crippen LogP contribution in [0.15, 0.2) is 54.6 Å². The quantitative estimate of drug-likeness (QED) is 0.781. The maximum Gasteiger partial charge on any atom is 0.417 e. The Morgan fingerprint density at radius 1 is 1.09 bits per heavy atom. The number of carboxylic acid groups (broad SMARTS) is 1. The Kier molecular flexibility index (Phi) is 4.89. The summed E-state index contributed by atoms with van der Waals surface area (Å²) < 4.78 is 39.2. The van der Waals surface area contributed by atoms with E-state index in [2.05, 4.69) is 0 Å². The van der Waals surface area contributed by atoms with Crippen molar-refractivity contribution in [1.29, 1.82) is 0 Å². The summed E-state index contributed by atoms with van der Waals surface area (Å²) in [6.45, 7) is 1.82. The third-order valence-corrected chi connectivity index (χ3v) is 3.48. The van der Waals surface area contributed by atoms with E-state index in [-0.39, 0.29) is 5.56 Å². The van der Waals surface area contributed by atoms with E-state index in [9.17, 15) is 18.0 Å². The molecule has 2 rings (SSSR count). The first-order chi connectivity index (χ1) is 10.8. The van der Waals surface area contributed by atoms with Crippen LogP contribution in [0.1, 0.15) is 24.5 Å². The van der Waals surface area contributed by atoms with Crippen LogP contribution >= 0.6 is 0 Å². The van der Waals surface area contributed by atoms with Gasteiger partial charge in [0.15, 0.2) is 0 Å². The van der Waals surface area contributed by atoms with Crippen LogP contribution in [-0.4, -0.2) is 11.1 Å². The van der Waals surface area contributed by atoms with E-state index in [1.54, 1.807) is 30.3 Å². The first-order valence-electron chi connectivity index (χ1n) is 7.03. The first kappa shape index (κ1) is 16.8. The highest BCUT2D eigenvalue weighted by atomic mass is 19.4. The third-order valence-electron chi connectivity index (χ3n) is 3.48. The van der Waals surface area contributed by atoms with Crippen molar-refractivity contribution in [3.63, 3.8) is 0 Å². The molecule has 0 spiro atoms. The number of aliphatic carboxylic acids is 1. The van der Waals surface area contributed by atoms with Crippen LogP contribution in [0.5, 0.6) is 0 Å². The van der Waals surface area contributed by atoms with Gasteiger partial charge >= 0.3 is 12.1 Å². The smallest absolute Gasteiger partial charge is 0.417 e. The van der Waals surface area contributed by atoms with Gasteiger partial charge in [0, 0.05) is 6.08 Å². The molecule has 0 saturated heterocycles. The van der Waals surface area contributed by atoms with Gasteiger partial charge in [-0.3, -0.25) is 0 Å². The van der Waals surface area contributed by atoms with Gasteiger partial charge in [0.25, 0.3) is 0 Å². The molecule has 0 aliphatic carbocycles. The van der Waals surface area contributed by atoms with E-state index in [0.29, 0.717) is 23.1 Å². The Labute approximate surface area is 131 Å². The molecule has 0 bridgehead atoms. The number of benzene rings is 2. The molecule has 0 aromatic heterocycles. The fourth-order valence-electron chi connectivity index (χ4n) is 2.38. The maximum atomic E-state index is 13.1. The van der Waals surface area contributed by atoms with Crippen LogP contribution in [0.4, 0.5) is 13.2 Å². The van der Waals surface area contributed by atoms with Crippen LogP contribution in [0.25, 0.3) is 16.7 Å². The Morgan fingerprint density at radius 2 is 1.70 bits per heavy atom. The number of rotatable bonds is 4. The standard InChI is InChI=1S/C18H15F3O2/c1-2-12(11-17(22)23)13-7-9-14(10-8-13)15-5-3-4-6-16(15)18(19,20)21/h3-11H,2H2,1H3,(H,22,23)/b12-11+. The van der Waals surface area contributed by atoms with Crippen LogP contribution < -0.4 is 0 Å². The summed E-state index contributed by atoms with van der Waals surface area (Å²) in [5.74, 6) is -1.05. The lowest BCUT2D eigenvalue weighted by atomic mass is 9.96. The number of halogens is 3. The lowest BCUT2D eigenvalue weighted by Gasteiger charge is -2.13. The highest BCUT2D eigenvalue weighted by molar-refractivity contribution is 5.90. The second-order valence-corrected chi connectivity index (χ2v) is 4.98. The summed E-state index contributed by atoms with van der Waals surface area (Å²) in [6, 6.07) is 11.8. The van der Waals surface area contributed by atoms with E-state index in [1.165, 1.54) is 12.1 Å². The van der Waals surface area contributed by atoms with Crippen molar-refractivity contribution in [3.05, 3.63) is 65.7 Å². The predicted octanol–water partition coefficient (Wildman–Crippen LogP) is 5.25. The monoisotopic (exact) mass is 320 g/mol. The van der Waals surface area contributed by atoms with Crippen LogP contribution in [0.3, 0.4) is 0 Å². The molecule has 0 unspecified atom stereocenters. The molecular weight excluding hydrogens is 305 g/mol. The molecular formula is C18H15F3O2. The largest absolute Gasteiger partial charge is 0.478 e. The average molecular weight is 320 g/mol. The zero-order chi connectivity index (χ0) is 17.0. The van der Waals surface area contributed by atoms with Gasteiger partial charge in [-0.2, -0.15) is 13.2 Å². The molecule has 2 aromatic carbocycles. The van der Waals surface area contributed by atoms with Gasteiger partial charge in [-0.05, 0) is 34.8 Å². The molecule has 0 aliphatic heterocycles. The van der Waals surface area contributed by atoms with Crippen LogP contribution in [-0.2, 0) is 11.0 Å². The first-order valence-corrected chi connectivity index (χ1v) is 7.03. The van der Waals surface area contributed by atoms with Gasteiger partial charge in [0.1, 0.15) is 0 Å². The van der Waals surface area contributed by atoms with Crippen molar-refractivity contribution in [2.24, 2.45) is 0 Å². The molecule has 0 saturated carbocycles. The number of carbonyl (C=O) groups is 1. The SMILES string of the molecule is CC/C(=C\C(=O)O)c1ccc(-c2ccccc2C(F)(F)F)cc1. The van der Waals surface area contributed by atoms with Crippen LogP contribution in [0, 0.1) is 0 Å². The molecule has 1 N–H and O–H groups in total. The summed E-state index contributed by atoms with van der Waals surface area (Å²) in [7, 11) is 0. The van der Waals surface area contributed by atoms with E-state index >= 15 is 0 Å². The number of carboxylic acids is 1. The molecule has 0 atom stereocenters. The lowest BCUT2D eigenvalue weighted by Crippen LogP contribution is -2.06. The number of hydrogen-bond acceptors (Lipinski definition) is 1. The minimum atomic E-state index is -4.42. The minimum Gasteiger partial charge on any atom is -0.478 e. The van der Waals surface area contributed by atoms with Crippen molar-refractivity contribution in [3.8, 4) is 11.1 Å². The highest BCUT2D eigenvalue weighted by Gasteiger charge is 2.33. The van der Waals surface area contributed by atoms with Crippen molar-refractivity contribution in [2.75, 3.05) is 0 Å². The second-order valence-electron chi connectivity index (χ2n) is 4.98. The predicted molar refractivity (Wildman–Crippen MR) is 82.8 cm³/mol. The normalized spacial score (nSPS) is 12.3. The van der Waals surface area contributed by atoms with Gasteiger partial charge in [-0.15, -0.1) is 0 Å². The number of alkyl halides is 3. The van der Waals surface area contributed by atoms with Gasteiger partial charge in [0.2, 0.25) is 0 Å². The minimum absolute atomic E-state index is 0.104. The van der Waals surface area contributed by atoms with Crippen molar-refractivity contribution < 1.29 is 23.1 Å². The molecule has 0 amide bonds. The average Bonchev–Trinajstić information content (AvgIpc) is 2.52. The van der Waals surface area contributed by atoms with Crippen molar-refractivity contribution in [2.45, 2.75) is 19.5 Å². The number of hydrogen-bond donors (Lipinski definition) is 1. The molecule has 0 aliphatic rings. The molecule has 0 heterocycles. The van der Waals surface area contributed by atoms with Crippen molar-refractivity contribution in [1.82, 2.24) is 0 Å². The Bertz CT molecular complexity index is 729. The fraction of sp³-hybridized carbons (Fsp3) is 0.167. The van der Waals surface area contributed by atoms with Crippen LogP contribution in [0.2, 0.25) is 0 Å². The van der Waals surface area contributed by atoms with Crippen molar-refractivity contribution >= 4 is 11.5 Å². The summed E-state index contributed by atoms with van der Waals surface area (Å²) >= 11 is 0. The lowest BCUT2D eigenvalue weighted by molar-refractivity contribution is -0.137. The second kappa shape index (κ2) is 6.69. The topological polar surface area (TPSA) is 37.3 Å². The Hall–Kier alpha value is -2.56. The molecule has 23 heavy (non-hydrogen) atoms. The number of allylic oxidation sites excluding steroid dienone is 1. The summed E-state index contributed by atoms with van der Waals surface area (Å²) in [5.41, 5.74) is 1.15. The third kappa shape index (κ3) is 4.00. The molecule has 2 aromatic rings. The van der Waals surface area contributed by atoms with Gasteiger partial charge in [-0.25, -0.2) is 4.79 Å². The zero-order valence-electron chi connectivity index (χ0n) is 12.4. The molecule has 0 fully saturated rings. The molecule has 120 valence electrons. The van der Waals surface area contributed by atoms with Gasteiger partial charge in [-0.1, -0.05) is 49.4 Å². The molecule has 5 heteroatoms. The van der Waals surface area contributed by atoms with E-state index in [0.717, 1.165) is 12.1 Å². The molecule has 2 nitrogen and oxygen atoms in total. The van der Waals surface area contributed by atoms with Gasteiger partial charge in [0.05, 0.1) is 5.56 Å². The van der Waals surface area contributed by atoms with E-state index < -0.39 is 17.7 Å². The van der Waals surface area contributed by atoms with E-state index in [4.69, 9.17) is 5.11 Å². The van der Waals surface area contributed by atoms with E-state index in [1.807, 2.05) is 6.92 Å². The summed E-state index contributed by atoms with van der Waals surface area (Å²) in [6.07, 6.45) is -2.80. The maximum absolute atomic E-state index is 13.1. The summed E-state index contributed by atoms with van der Waals surface area (Å²) in [5, 5.41) is 8.83.